The number of ether oxygens (including phenoxy) is 1. The molecule has 1 aliphatic carbocycles. The van der Waals surface area contributed by atoms with E-state index in [2.05, 4.69) is 22.2 Å². The van der Waals surface area contributed by atoms with Gasteiger partial charge in [-0.3, -0.25) is 0 Å². The summed E-state index contributed by atoms with van der Waals surface area (Å²) in [6, 6.07) is 1.98. The van der Waals surface area contributed by atoms with Crippen LogP contribution in [0.2, 0.25) is 0 Å². The highest BCUT2D eigenvalue weighted by atomic mass is 16.5. The van der Waals surface area contributed by atoms with Crippen molar-refractivity contribution in [1.29, 1.82) is 0 Å². The van der Waals surface area contributed by atoms with Gasteiger partial charge >= 0.3 is 0 Å². The molecular formula is C13H21N3O. The second kappa shape index (κ2) is 5.45. The quantitative estimate of drug-likeness (QED) is 0.823. The van der Waals surface area contributed by atoms with Crippen LogP contribution in [0.1, 0.15) is 43.8 Å². The van der Waals surface area contributed by atoms with Crippen molar-refractivity contribution in [3.63, 3.8) is 0 Å². The number of aryl methyl sites for hydroxylation is 1. The largest absolute Gasteiger partial charge is 0.373 e. The number of anilines is 1. The van der Waals surface area contributed by atoms with Crippen molar-refractivity contribution >= 4 is 5.82 Å². The molecule has 1 saturated carbocycles. The van der Waals surface area contributed by atoms with E-state index in [-0.39, 0.29) is 6.10 Å². The Hall–Kier alpha value is -1.16. The third kappa shape index (κ3) is 3.16. The Kier molecular flexibility index (Phi) is 3.94. The molecule has 1 heterocycles. The topological polar surface area (TPSA) is 47.0 Å². The predicted molar refractivity (Wildman–Crippen MR) is 68.0 cm³/mol. The highest BCUT2D eigenvalue weighted by Crippen LogP contribution is 2.42. The number of nitrogens with zero attached hydrogens (tertiary/aromatic N) is 2. The summed E-state index contributed by atoms with van der Waals surface area (Å²) in [7, 11) is 1.74. The minimum Gasteiger partial charge on any atom is -0.373 e. The first-order chi connectivity index (χ1) is 8.24. The molecule has 1 aliphatic rings. The summed E-state index contributed by atoms with van der Waals surface area (Å²) in [5.74, 6) is 2.35. The summed E-state index contributed by atoms with van der Waals surface area (Å²) >= 11 is 0. The molecule has 1 N–H and O–H groups in total. The summed E-state index contributed by atoms with van der Waals surface area (Å²) in [4.78, 5) is 9.05. The average Bonchev–Trinajstić information content (AvgIpc) is 3.11. The van der Waals surface area contributed by atoms with Crippen molar-refractivity contribution in [2.45, 2.75) is 39.2 Å². The third-order valence-corrected chi connectivity index (χ3v) is 2.99. The zero-order valence-corrected chi connectivity index (χ0v) is 10.9. The lowest BCUT2D eigenvalue weighted by Gasteiger charge is -2.15. The number of methoxy groups -OCH3 is 1. The van der Waals surface area contributed by atoms with Crippen LogP contribution in [-0.2, 0) is 4.74 Å². The van der Waals surface area contributed by atoms with Crippen molar-refractivity contribution < 1.29 is 4.74 Å². The van der Waals surface area contributed by atoms with E-state index in [1.807, 2.05) is 13.0 Å². The molecule has 0 amide bonds. The molecule has 4 heteroatoms. The fourth-order valence-corrected chi connectivity index (χ4v) is 1.97. The highest BCUT2D eigenvalue weighted by Gasteiger charge is 2.34. The monoisotopic (exact) mass is 235 g/mol. The van der Waals surface area contributed by atoms with Gasteiger partial charge in [0.05, 0.1) is 0 Å². The number of nitrogens with one attached hydrogen (secondary N) is 1. The second-order valence-electron chi connectivity index (χ2n) is 4.67. The Balaban J connectivity index is 2.17. The first kappa shape index (κ1) is 12.3. The Morgan fingerprint density at radius 2 is 2.24 bits per heavy atom. The number of hydrogen-bond donors (Lipinski definition) is 1. The van der Waals surface area contributed by atoms with Gasteiger partial charge in [0.1, 0.15) is 11.9 Å². The van der Waals surface area contributed by atoms with Crippen LogP contribution in [0.5, 0.6) is 0 Å². The van der Waals surface area contributed by atoms with Crippen molar-refractivity contribution in [2.24, 2.45) is 5.92 Å². The zero-order chi connectivity index (χ0) is 12.3. The van der Waals surface area contributed by atoms with Crippen LogP contribution in [-0.4, -0.2) is 23.6 Å². The molecule has 17 heavy (non-hydrogen) atoms. The van der Waals surface area contributed by atoms with E-state index in [0.29, 0.717) is 5.92 Å². The minimum absolute atomic E-state index is 0.0667. The van der Waals surface area contributed by atoms with E-state index in [1.54, 1.807) is 7.11 Å². The van der Waals surface area contributed by atoms with Gasteiger partial charge in [-0.15, -0.1) is 0 Å². The highest BCUT2D eigenvalue weighted by molar-refractivity contribution is 5.36. The molecule has 0 aromatic carbocycles. The fourth-order valence-electron chi connectivity index (χ4n) is 1.97. The second-order valence-corrected chi connectivity index (χ2v) is 4.67. The molecule has 0 aliphatic heterocycles. The van der Waals surface area contributed by atoms with Crippen LogP contribution in [0.25, 0.3) is 0 Å². The van der Waals surface area contributed by atoms with E-state index in [4.69, 9.17) is 4.74 Å². The van der Waals surface area contributed by atoms with Gasteiger partial charge < -0.3 is 10.1 Å². The van der Waals surface area contributed by atoms with Gasteiger partial charge in [-0.1, -0.05) is 6.92 Å². The molecular weight excluding hydrogens is 214 g/mol. The summed E-state index contributed by atoms with van der Waals surface area (Å²) < 4.78 is 5.52. The van der Waals surface area contributed by atoms with Crippen molar-refractivity contribution in [1.82, 2.24) is 9.97 Å². The van der Waals surface area contributed by atoms with Crippen LogP contribution in [0.3, 0.4) is 0 Å². The smallest absolute Gasteiger partial charge is 0.159 e. The molecule has 1 aromatic heterocycles. The zero-order valence-electron chi connectivity index (χ0n) is 10.9. The van der Waals surface area contributed by atoms with Crippen LogP contribution in [0.15, 0.2) is 6.07 Å². The normalized spacial score (nSPS) is 16.9. The number of rotatable bonds is 6. The Labute approximate surface area is 103 Å². The van der Waals surface area contributed by atoms with Gasteiger partial charge in [-0.05, 0) is 32.1 Å². The molecule has 0 radical (unpaired) electrons. The molecule has 1 unspecified atom stereocenters. The standard InChI is InChI=1S/C13H21N3O/c1-4-7-14-11-8-9(2)15-13(16-11)12(17-3)10-5-6-10/h8,10,12H,4-7H2,1-3H3,(H,14,15,16). The number of aromatic nitrogens is 2. The first-order valence-electron chi connectivity index (χ1n) is 6.36. The maximum atomic E-state index is 5.52. The summed E-state index contributed by atoms with van der Waals surface area (Å²) in [6.45, 7) is 5.09. The van der Waals surface area contributed by atoms with E-state index >= 15 is 0 Å². The fraction of sp³-hybridized carbons (Fsp3) is 0.692. The first-order valence-corrected chi connectivity index (χ1v) is 6.36. The van der Waals surface area contributed by atoms with Gasteiger partial charge in [0.25, 0.3) is 0 Å². The van der Waals surface area contributed by atoms with Crippen LogP contribution in [0, 0.1) is 12.8 Å². The van der Waals surface area contributed by atoms with Gasteiger partial charge in [0, 0.05) is 25.4 Å². The Morgan fingerprint density at radius 3 is 2.82 bits per heavy atom. The molecule has 0 bridgehead atoms. The molecule has 4 nitrogen and oxygen atoms in total. The van der Waals surface area contributed by atoms with E-state index in [0.717, 1.165) is 30.3 Å². The van der Waals surface area contributed by atoms with Crippen LogP contribution >= 0.6 is 0 Å². The lowest BCUT2D eigenvalue weighted by atomic mass is 10.2. The lowest BCUT2D eigenvalue weighted by Crippen LogP contribution is -2.12. The Morgan fingerprint density at radius 1 is 1.47 bits per heavy atom. The molecule has 94 valence electrons. The SMILES string of the molecule is CCCNc1cc(C)nc(C(OC)C2CC2)n1. The predicted octanol–water partition coefficient (Wildman–Crippen LogP) is 2.70. The summed E-state index contributed by atoms with van der Waals surface area (Å²) in [5, 5.41) is 3.31. The maximum Gasteiger partial charge on any atom is 0.159 e. The van der Waals surface area contributed by atoms with Gasteiger partial charge in [0.15, 0.2) is 5.82 Å². The average molecular weight is 235 g/mol. The van der Waals surface area contributed by atoms with Crippen molar-refractivity contribution in [3.8, 4) is 0 Å². The molecule has 1 atom stereocenters. The minimum atomic E-state index is 0.0667. The van der Waals surface area contributed by atoms with Gasteiger partial charge in [-0.2, -0.15) is 0 Å². The van der Waals surface area contributed by atoms with E-state index in [1.165, 1.54) is 12.8 Å². The molecule has 1 aromatic rings. The van der Waals surface area contributed by atoms with E-state index in [9.17, 15) is 0 Å². The molecule has 0 spiro atoms. The van der Waals surface area contributed by atoms with Crippen LogP contribution < -0.4 is 5.32 Å². The molecule has 1 fully saturated rings. The Bertz CT molecular complexity index is 377. The molecule has 2 rings (SSSR count). The van der Waals surface area contributed by atoms with Crippen LogP contribution in [0.4, 0.5) is 5.82 Å². The maximum absolute atomic E-state index is 5.52. The number of hydrogen-bond acceptors (Lipinski definition) is 4. The van der Waals surface area contributed by atoms with Crippen molar-refractivity contribution in [2.75, 3.05) is 19.0 Å². The van der Waals surface area contributed by atoms with E-state index < -0.39 is 0 Å². The molecule has 0 saturated heterocycles. The lowest BCUT2D eigenvalue weighted by molar-refractivity contribution is 0.0772. The van der Waals surface area contributed by atoms with Crippen molar-refractivity contribution in [3.05, 3.63) is 17.6 Å². The third-order valence-electron chi connectivity index (χ3n) is 2.99. The summed E-state index contributed by atoms with van der Waals surface area (Å²) in [6.07, 6.45) is 3.62. The summed E-state index contributed by atoms with van der Waals surface area (Å²) in [5.41, 5.74) is 0.997. The van der Waals surface area contributed by atoms with Gasteiger partial charge in [0.2, 0.25) is 0 Å². The van der Waals surface area contributed by atoms with Gasteiger partial charge in [-0.25, -0.2) is 9.97 Å².